The Balaban J connectivity index is 2.06. The Bertz CT molecular complexity index is 717. The van der Waals surface area contributed by atoms with Gasteiger partial charge in [-0.3, -0.25) is 0 Å². The van der Waals surface area contributed by atoms with E-state index in [1.807, 2.05) is 32.9 Å². The number of nitrogens with one attached hydrogen (secondary N) is 2. The van der Waals surface area contributed by atoms with Crippen LogP contribution >= 0.6 is 0 Å². The van der Waals surface area contributed by atoms with Gasteiger partial charge in [0.15, 0.2) is 0 Å². The summed E-state index contributed by atoms with van der Waals surface area (Å²) in [5.41, 5.74) is 2.98. The molecule has 0 aliphatic rings. The number of carbonyl (C=O) groups is 1. The molecule has 0 fully saturated rings. The maximum absolute atomic E-state index is 11.7. The fourth-order valence-corrected chi connectivity index (χ4v) is 2.56. The Hall–Kier alpha value is -2.41. The van der Waals surface area contributed by atoms with Crippen molar-refractivity contribution in [3.63, 3.8) is 0 Å². The van der Waals surface area contributed by atoms with Gasteiger partial charge in [0, 0.05) is 29.6 Å². The summed E-state index contributed by atoms with van der Waals surface area (Å²) < 4.78 is 5.26. The van der Waals surface area contributed by atoms with Gasteiger partial charge < -0.3 is 15.0 Å². The number of aromatic nitrogens is 1. The average molecular weight is 312 g/mol. The number of carbonyl (C=O) groups excluding carboxylic acids is 1. The number of ether oxygens (including phenoxy) is 1. The summed E-state index contributed by atoms with van der Waals surface area (Å²) in [7, 11) is 0. The highest BCUT2D eigenvalue weighted by molar-refractivity contribution is 5.84. The molecule has 1 amide bonds. The topological polar surface area (TPSA) is 54.1 Å². The van der Waals surface area contributed by atoms with E-state index in [0.717, 1.165) is 24.1 Å². The largest absolute Gasteiger partial charge is 0.444 e. The van der Waals surface area contributed by atoms with Gasteiger partial charge in [0.2, 0.25) is 0 Å². The van der Waals surface area contributed by atoms with Crippen LogP contribution in [0.4, 0.5) is 4.79 Å². The number of benzene rings is 1. The van der Waals surface area contributed by atoms with Crippen molar-refractivity contribution in [1.29, 1.82) is 0 Å². The number of rotatable bonds is 5. The molecule has 0 saturated heterocycles. The number of H-pyrrole nitrogens is 1. The van der Waals surface area contributed by atoms with E-state index in [0.29, 0.717) is 13.0 Å². The van der Waals surface area contributed by atoms with Crippen molar-refractivity contribution in [3.8, 4) is 12.3 Å². The molecular formula is C19H24N2O2. The number of alkyl carbamates (subject to hydrolysis) is 1. The third-order valence-corrected chi connectivity index (χ3v) is 3.46. The monoisotopic (exact) mass is 312 g/mol. The summed E-state index contributed by atoms with van der Waals surface area (Å²) in [6.07, 6.45) is 7.24. The Morgan fingerprint density at radius 1 is 1.30 bits per heavy atom. The first-order valence-electron chi connectivity index (χ1n) is 7.89. The number of para-hydroxylation sites is 1. The van der Waals surface area contributed by atoms with Crippen molar-refractivity contribution >= 4 is 17.0 Å². The Morgan fingerprint density at radius 2 is 2.04 bits per heavy atom. The Kier molecular flexibility index (Phi) is 5.33. The molecule has 4 heteroatoms. The number of hydrogen-bond acceptors (Lipinski definition) is 2. The second-order valence-electron chi connectivity index (χ2n) is 6.51. The predicted octanol–water partition coefficient (Wildman–Crippen LogP) is 3.80. The first-order valence-corrected chi connectivity index (χ1v) is 7.89. The lowest BCUT2D eigenvalue weighted by molar-refractivity contribution is 0.0528. The highest BCUT2D eigenvalue weighted by atomic mass is 16.6. The van der Waals surface area contributed by atoms with Crippen LogP contribution in [0.15, 0.2) is 24.3 Å². The average Bonchev–Trinajstić information content (AvgIpc) is 2.81. The van der Waals surface area contributed by atoms with Crippen LogP contribution in [-0.2, 0) is 17.6 Å². The molecule has 4 nitrogen and oxygen atoms in total. The molecule has 2 aromatic rings. The number of fused-ring (bicyclic) bond motifs is 1. The van der Waals surface area contributed by atoms with Gasteiger partial charge in [-0.1, -0.05) is 18.2 Å². The number of terminal acetylenes is 1. The minimum Gasteiger partial charge on any atom is -0.444 e. The van der Waals surface area contributed by atoms with Gasteiger partial charge >= 0.3 is 6.09 Å². The normalized spacial score (nSPS) is 11.2. The van der Waals surface area contributed by atoms with Gasteiger partial charge in [0.25, 0.3) is 0 Å². The van der Waals surface area contributed by atoms with Gasteiger partial charge in [-0.2, -0.15) is 0 Å². The van der Waals surface area contributed by atoms with Gasteiger partial charge in [0.1, 0.15) is 5.60 Å². The molecule has 0 spiro atoms. The van der Waals surface area contributed by atoms with Crippen LogP contribution in [0.1, 0.15) is 38.4 Å². The van der Waals surface area contributed by atoms with Crippen LogP contribution in [-0.4, -0.2) is 23.2 Å². The molecule has 2 rings (SSSR count). The second kappa shape index (κ2) is 7.23. The summed E-state index contributed by atoms with van der Waals surface area (Å²) >= 11 is 0. The van der Waals surface area contributed by atoms with E-state index < -0.39 is 5.60 Å². The van der Waals surface area contributed by atoms with E-state index >= 15 is 0 Å². The smallest absolute Gasteiger partial charge is 0.407 e. The quantitative estimate of drug-likeness (QED) is 0.825. The SMILES string of the molecule is C#CCCc1[nH]c2ccccc2c1CCNC(=O)OC(C)(C)C. The molecule has 1 aromatic heterocycles. The standard InChI is InChI=1S/C19H24N2O2/c1-5-6-10-16-15(14-9-7-8-11-17(14)21-16)12-13-20-18(22)23-19(2,3)4/h1,7-9,11,21H,6,10,12-13H2,2-4H3,(H,20,22). The van der Waals surface area contributed by atoms with Gasteiger partial charge in [0.05, 0.1) is 0 Å². The molecule has 23 heavy (non-hydrogen) atoms. The molecule has 1 aromatic carbocycles. The zero-order chi connectivity index (χ0) is 16.9. The zero-order valence-electron chi connectivity index (χ0n) is 14.0. The highest BCUT2D eigenvalue weighted by Gasteiger charge is 2.16. The van der Waals surface area contributed by atoms with Crippen molar-refractivity contribution in [2.75, 3.05) is 6.54 Å². The minimum atomic E-state index is -0.483. The third kappa shape index (κ3) is 4.79. The van der Waals surface area contributed by atoms with Crippen molar-refractivity contribution in [1.82, 2.24) is 10.3 Å². The van der Waals surface area contributed by atoms with Gasteiger partial charge in [-0.05, 0) is 45.2 Å². The van der Waals surface area contributed by atoms with Crippen LogP contribution in [0.5, 0.6) is 0 Å². The Labute approximate surface area is 137 Å². The van der Waals surface area contributed by atoms with E-state index in [9.17, 15) is 4.79 Å². The maximum atomic E-state index is 11.7. The summed E-state index contributed by atoms with van der Waals surface area (Å²) in [5.74, 6) is 2.68. The molecular weight excluding hydrogens is 288 g/mol. The lowest BCUT2D eigenvalue weighted by Gasteiger charge is -2.19. The van der Waals surface area contributed by atoms with Crippen LogP contribution in [0.2, 0.25) is 0 Å². The van der Waals surface area contributed by atoms with E-state index in [1.54, 1.807) is 0 Å². The molecule has 0 saturated carbocycles. The van der Waals surface area contributed by atoms with Crippen molar-refractivity contribution < 1.29 is 9.53 Å². The second-order valence-corrected chi connectivity index (χ2v) is 6.51. The number of aryl methyl sites for hydroxylation is 1. The highest BCUT2D eigenvalue weighted by Crippen LogP contribution is 2.23. The van der Waals surface area contributed by atoms with Crippen molar-refractivity contribution in [2.45, 2.75) is 45.6 Å². The fraction of sp³-hybridized carbons (Fsp3) is 0.421. The zero-order valence-corrected chi connectivity index (χ0v) is 14.0. The van der Waals surface area contributed by atoms with Crippen LogP contribution in [0.25, 0.3) is 10.9 Å². The molecule has 0 aliphatic carbocycles. The summed E-state index contributed by atoms with van der Waals surface area (Å²) in [6.45, 7) is 6.08. The lowest BCUT2D eigenvalue weighted by Crippen LogP contribution is -2.33. The van der Waals surface area contributed by atoms with Crippen LogP contribution in [0, 0.1) is 12.3 Å². The van der Waals surface area contributed by atoms with E-state index in [1.165, 1.54) is 10.9 Å². The molecule has 1 heterocycles. The number of aromatic amines is 1. The predicted molar refractivity (Wildman–Crippen MR) is 93.4 cm³/mol. The first-order chi connectivity index (χ1) is 10.9. The molecule has 0 aliphatic heterocycles. The molecule has 2 N–H and O–H groups in total. The molecule has 0 radical (unpaired) electrons. The summed E-state index contributed by atoms with van der Waals surface area (Å²) in [4.78, 5) is 15.2. The number of hydrogen-bond donors (Lipinski definition) is 2. The fourth-order valence-electron chi connectivity index (χ4n) is 2.56. The van der Waals surface area contributed by atoms with Crippen LogP contribution in [0.3, 0.4) is 0 Å². The lowest BCUT2D eigenvalue weighted by atomic mass is 10.0. The molecule has 0 bridgehead atoms. The first kappa shape index (κ1) is 17.0. The molecule has 0 unspecified atom stereocenters. The van der Waals surface area contributed by atoms with E-state index in [4.69, 9.17) is 11.2 Å². The maximum Gasteiger partial charge on any atom is 0.407 e. The Morgan fingerprint density at radius 3 is 2.74 bits per heavy atom. The van der Waals surface area contributed by atoms with Gasteiger partial charge in [-0.15, -0.1) is 12.3 Å². The van der Waals surface area contributed by atoms with Crippen LogP contribution < -0.4 is 5.32 Å². The van der Waals surface area contributed by atoms with Gasteiger partial charge in [-0.25, -0.2) is 4.79 Å². The minimum absolute atomic E-state index is 0.387. The van der Waals surface area contributed by atoms with Crippen molar-refractivity contribution in [2.24, 2.45) is 0 Å². The van der Waals surface area contributed by atoms with E-state index in [-0.39, 0.29) is 6.09 Å². The third-order valence-electron chi connectivity index (χ3n) is 3.46. The molecule has 0 atom stereocenters. The van der Waals surface area contributed by atoms with Crippen molar-refractivity contribution in [3.05, 3.63) is 35.5 Å². The number of amides is 1. The summed E-state index contributed by atoms with van der Waals surface area (Å²) in [5, 5.41) is 4.00. The van der Waals surface area contributed by atoms with E-state index in [2.05, 4.69) is 28.4 Å². The molecule has 122 valence electrons. The summed E-state index contributed by atoms with van der Waals surface area (Å²) in [6, 6.07) is 8.17.